The zero-order chi connectivity index (χ0) is 19.7. The number of nitro groups is 1. The first-order valence-electron chi connectivity index (χ1n) is 8.50. The van der Waals surface area contributed by atoms with Crippen LogP contribution in [0.4, 0.5) is 25.8 Å². The van der Waals surface area contributed by atoms with E-state index in [9.17, 15) is 23.7 Å². The van der Waals surface area contributed by atoms with Crippen molar-refractivity contribution >= 4 is 23.0 Å². The highest BCUT2D eigenvalue weighted by atomic mass is 19.1. The molecule has 1 N–H and O–H groups in total. The zero-order valence-electron chi connectivity index (χ0n) is 15.0. The molecule has 144 valence electrons. The number of nitrogens with one attached hydrogen (secondary N) is 1. The van der Waals surface area contributed by atoms with Gasteiger partial charge >= 0.3 is 5.69 Å². The van der Waals surface area contributed by atoms with Crippen molar-refractivity contribution < 1.29 is 18.5 Å². The second-order valence-corrected chi connectivity index (χ2v) is 6.47. The molecule has 1 aliphatic heterocycles. The van der Waals surface area contributed by atoms with Gasteiger partial charge in [-0.15, -0.1) is 0 Å². The minimum absolute atomic E-state index is 0.0195. The first kappa shape index (κ1) is 18.7. The van der Waals surface area contributed by atoms with Gasteiger partial charge in [-0.3, -0.25) is 19.6 Å². The topological polar surface area (TPSA) is 93.3 Å². The van der Waals surface area contributed by atoms with E-state index in [4.69, 9.17) is 0 Å². The number of aromatic nitrogens is 2. The normalized spacial score (nSPS) is 13.9. The number of hydrogen-bond acceptors (Lipinski definition) is 5. The lowest BCUT2D eigenvalue weighted by Crippen LogP contribution is -2.22. The highest BCUT2D eigenvalue weighted by Gasteiger charge is 2.24. The van der Waals surface area contributed by atoms with Gasteiger partial charge in [-0.05, 0) is 38.8 Å². The lowest BCUT2D eigenvalue weighted by atomic mass is 10.2. The first-order chi connectivity index (χ1) is 12.8. The van der Waals surface area contributed by atoms with Gasteiger partial charge in [0, 0.05) is 18.8 Å². The van der Waals surface area contributed by atoms with Crippen molar-refractivity contribution in [2.24, 2.45) is 0 Å². The Labute approximate surface area is 153 Å². The Hall–Kier alpha value is -3.04. The molecule has 10 heteroatoms. The maximum Gasteiger partial charge on any atom is 0.312 e. The second kappa shape index (κ2) is 7.29. The summed E-state index contributed by atoms with van der Waals surface area (Å²) >= 11 is 0. The maximum atomic E-state index is 14.3. The standard InChI is InChI=1S/C17H19F2N5O3/c1-10-16(24(26)27)11(2)23(21-10)9-15(25)20-12-7-13(18)17(14(19)8-12)22-5-3-4-6-22/h7-8H,3-6,9H2,1-2H3,(H,20,25). The molecule has 0 unspecified atom stereocenters. The van der Waals surface area contributed by atoms with E-state index in [2.05, 4.69) is 10.4 Å². The third-order valence-corrected chi connectivity index (χ3v) is 4.54. The Morgan fingerprint density at radius 1 is 1.26 bits per heavy atom. The van der Waals surface area contributed by atoms with E-state index in [1.807, 2.05) is 0 Å². The molecule has 0 radical (unpaired) electrons. The molecule has 1 aliphatic rings. The van der Waals surface area contributed by atoms with E-state index in [-0.39, 0.29) is 35.0 Å². The molecule has 0 spiro atoms. The first-order valence-corrected chi connectivity index (χ1v) is 8.50. The van der Waals surface area contributed by atoms with Gasteiger partial charge in [0.2, 0.25) is 5.91 Å². The summed E-state index contributed by atoms with van der Waals surface area (Å²) in [7, 11) is 0. The number of anilines is 2. The molecule has 1 aromatic heterocycles. The van der Waals surface area contributed by atoms with Gasteiger partial charge in [-0.2, -0.15) is 5.10 Å². The van der Waals surface area contributed by atoms with Crippen LogP contribution in [0.25, 0.3) is 0 Å². The second-order valence-electron chi connectivity index (χ2n) is 6.47. The van der Waals surface area contributed by atoms with Gasteiger partial charge in [0.15, 0.2) is 11.6 Å². The number of rotatable bonds is 5. The Balaban J connectivity index is 1.75. The third-order valence-electron chi connectivity index (χ3n) is 4.54. The lowest BCUT2D eigenvalue weighted by molar-refractivity contribution is -0.386. The van der Waals surface area contributed by atoms with Gasteiger partial charge in [0.25, 0.3) is 0 Å². The number of amides is 1. The van der Waals surface area contributed by atoms with E-state index in [1.165, 1.54) is 18.5 Å². The van der Waals surface area contributed by atoms with E-state index >= 15 is 0 Å². The van der Waals surface area contributed by atoms with Crippen LogP contribution in [0.3, 0.4) is 0 Å². The number of benzene rings is 1. The number of halogens is 2. The number of hydrogen-bond donors (Lipinski definition) is 1. The summed E-state index contributed by atoms with van der Waals surface area (Å²) in [6, 6.07) is 2.14. The highest BCUT2D eigenvalue weighted by Crippen LogP contribution is 2.29. The molecule has 1 saturated heterocycles. The van der Waals surface area contributed by atoms with Crippen LogP contribution in [0.1, 0.15) is 24.2 Å². The average molecular weight is 379 g/mol. The van der Waals surface area contributed by atoms with Crippen LogP contribution in [0.2, 0.25) is 0 Å². The fourth-order valence-electron chi connectivity index (χ4n) is 3.32. The van der Waals surface area contributed by atoms with E-state index in [0.29, 0.717) is 13.1 Å². The molecule has 2 aromatic rings. The number of carbonyl (C=O) groups excluding carboxylic acids is 1. The van der Waals surface area contributed by atoms with E-state index in [1.54, 1.807) is 4.90 Å². The molecule has 1 amide bonds. The van der Waals surface area contributed by atoms with Crippen molar-refractivity contribution in [3.05, 3.63) is 45.3 Å². The van der Waals surface area contributed by atoms with Crippen LogP contribution >= 0.6 is 0 Å². The molecule has 0 aliphatic carbocycles. The fraction of sp³-hybridized carbons (Fsp3) is 0.412. The van der Waals surface area contributed by atoms with Crippen molar-refractivity contribution in [2.45, 2.75) is 33.2 Å². The minimum atomic E-state index is -0.742. The Morgan fingerprint density at radius 3 is 2.37 bits per heavy atom. The van der Waals surface area contributed by atoms with Crippen molar-refractivity contribution in [1.29, 1.82) is 0 Å². The van der Waals surface area contributed by atoms with Gasteiger partial charge in [0.05, 0.1) is 4.92 Å². The summed E-state index contributed by atoms with van der Waals surface area (Å²) in [5.41, 5.74) is 0.162. The summed E-state index contributed by atoms with van der Waals surface area (Å²) in [5.74, 6) is -2.08. The molecule has 3 rings (SSSR count). The van der Waals surface area contributed by atoms with Crippen LogP contribution in [-0.4, -0.2) is 33.7 Å². The summed E-state index contributed by atoms with van der Waals surface area (Å²) in [4.78, 5) is 24.3. The molecule has 0 saturated carbocycles. The minimum Gasteiger partial charge on any atom is -0.367 e. The van der Waals surface area contributed by atoms with Gasteiger partial charge in [-0.25, -0.2) is 8.78 Å². The van der Waals surface area contributed by atoms with Crippen molar-refractivity contribution in [2.75, 3.05) is 23.3 Å². The molecule has 0 bridgehead atoms. The summed E-state index contributed by atoms with van der Waals surface area (Å²) < 4.78 is 29.8. The third kappa shape index (κ3) is 3.74. The zero-order valence-corrected chi connectivity index (χ0v) is 15.0. The molecule has 27 heavy (non-hydrogen) atoms. The van der Waals surface area contributed by atoms with Crippen LogP contribution in [0, 0.1) is 35.6 Å². The Bertz CT molecular complexity index is 883. The van der Waals surface area contributed by atoms with Gasteiger partial charge < -0.3 is 10.2 Å². The van der Waals surface area contributed by atoms with Crippen LogP contribution in [0.15, 0.2) is 12.1 Å². The largest absolute Gasteiger partial charge is 0.367 e. The molecule has 0 atom stereocenters. The number of carbonyl (C=O) groups is 1. The molecular weight excluding hydrogens is 360 g/mol. The van der Waals surface area contributed by atoms with Crippen LogP contribution < -0.4 is 10.2 Å². The summed E-state index contributed by atoms with van der Waals surface area (Å²) in [6.45, 7) is 3.83. The Morgan fingerprint density at radius 2 is 1.85 bits per heavy atom. The number of aryl methyl sites for hydroxylation is 1. The van der Waals surface area contributed by atoms with Gasteiger partial charge in [0.1, 0.15) is 23.6 Å². The SMILES string of the molecule is Cc1nn(CC(=O)Nc2cc(F)c(N3CCCC3)c(F)c2)c(C)c1[N+](=O)[O-]. The predicted octanol–water partition coefficient (Wildman–Crippen LogP) is 2.93. The fourth-order valence-corrected chi connectivity index (χ4v) is 3.32. The monoisotopic (exact) mass is 379 g/mol. The predicted molar refractivity (Wildman–Crippen MR) is 94.8 cm³/mol. The van der Waals surface area contributed by atoms with Crippen LogP contribution in [-0.2, 0) is 11.3 Å². The quantitative estimate of drug-likeness (QED) is 0.637. The van der Waals surface area contributed by atoms with E-state index in [0.717, 1.165) is 25.0 Å². The maximum absolute atomic E-state index is 14.3. The highest BCUT2D eigenvalue weighted by molar-refractivity contribution is 5.90. The van der Waals surface area contributed by atoms with Crippen LogP contribution in [0.5, 0.6) is 0 Å². The van der Waals surface area contributed by atoms with Crippen molar-refractivity contribution in [3.63, 3.8) is 0 Å². The summed E-state index contributed by atoms with van der Waals surface area (Å²) in [6.07, 6.45) is 1.76. The van der Waals surface area contributed by atoms with Gasteiger partial charge in [-0.1, -0.05) is 0 Å². The smallest absolute Gasteiger partial charge is 0.312 e. The molecule has 1 aromatic carbocycles. The van der Waals surface area contributed by atoms with Crippen molar-refractivity contribution in [3.8, 4) is 0 Å². The molecular formula is C17H19F2N5O3. The molecule has 2 heterocycles. The lowest BCUT2D eigenvalue weighted by Gasteiger charge is -2.19. The molecule has 1 fully saturated rings. The average Bonchev–Trinajstić information content (AvgIpc) is 3.15. The summed E-state index contributed by atoms with van der Waals surface area (Å²) in [5, 5.41) is 17.4. The van der Waals surface area contributed by atoms with Crippen molar-refractivity contribution in [1.82, 2.24) is 9.78 Å². The Kier molecular flexibility index (Phi) is 5.06. The molecule has 8 nitrogen and oxygen atoms in total. The number of nitrogens with zero attached hydrogens (tertiary/aromatic N) is 4. The van der Waals surface area contributed by atoms with E-state index < -0.39 is 22.5 Å².